The Balaban J connectivity index is 1.75. The van der Waals surface area contributed by atoms with Crippen molar-refractivity contribution in [2.24, 2.45) is 0 Å². The van der Waals surface area contributed by atoms with Gasteiger partial charge in [0.15, 0.2) is 0 Å². The molecule has 0 aliphatic carbocycles. The summed E-state index contributed by atoms with van der Waals surface area (Å²) in [5.74, 6) is 2.90. The zero-order valence-corrected chi connectivity index (χ0v) is 12.4. The van der Waals surface area contributed by atoms with E-state index in [2.05, 4.69) is 46.6 Å². The second-order valence-corrected chi connectivity index (χ2v) is 6.29. The fraction of sp³-hybridized carbons (Fsp3) is 0.467. The number of nitrogens with one attached hydrogen (secondary N) is 1. The lowest BCUT2D eigenvalue weighted by molar-refractivity contribution is 0.322. The summed E-state index contributed by atoms with van der Waals surface area (Å²) in [4.78, 5) is 5.83. The first kappa shape index (κ1) is 13.6. The van der Waals surface area contributed by atoms with Crippen LogP contribution in [0.25, 0.3) is 11.4 Å². The third kappa shape index (κ3) is 3.04. The zero-order chi connectivity index (χ0) is 13.8. The Kier molecular flexibility index (Phi) is 4.38. The fourth-order valence-electron chi connectivity index (χ4n) is 2.45. The van der Waals surface area contributed by atoms with E-state index in [0.29, 0.717) is 11.7 Å². The Labute approximate surface area is 123 Å². The number of piperidine rings is 1. The molecule has 4 nitrogen and oxygen atoms in total. The molecule has 2 heterocycles. The van der Waals surface area contributed by atoms with Crippen molar-refractivity contribution in [3.8, 4) is 11.4 Å². The summed E-state index contributed by atoms with van der Waals surface area (Å²) in [7, 11) is 0. The Morgan fingerprint density at radius 3 is 2.90 bits per heavy atom. The Morgan fingerprint density at radius 2 is 2.20 bits per heavy atom. The van der Waals surface area contributed by atoms with Gasteiger partial charge in [-0.3, -0.25) is 0 Å². The molecule has 1 aliphatic heterocycles. The number of hydrogen-bond acceptors (Lipinski definition) is 5. The minimum absolute atomic E-state index is 0.361. The molecule has 1 atom stereocenters. The van der Waals surface area contributed by atoms with Crippen molar-refractivity contribution >= 4 is 11.8 Å². The summed E-state index contributed by atoms with van der Waals surface area (Å²) >= 11 is 1.83. The lowest BCUT2D eigenvalue weighted by Crippen LogP contribution is -2.28. The van der Waals surface area contributed by atoms with Gasteiger partial charge < -0.3 is 9.84 Å². The van der Waals surface area contributed by atoms with E-state index in [1.165, 1.54) is 11.3 Å². The van der Waals surface area contributed by atoms with Crippen LogP contribution < -0.4 is 5.32 Å². The lowest BCUT2D eigenvalue weighted by atomic mass is 10.00. The number of benzene rings is 1. The van der Waals surface area contributed by atoms with Crippen molar-refractivity contribution in [1.82, 2.24) is 15.5 Å². The number of rotatable bonds is 4. The summed E-state index contributed by atoms with van der Waals surface area (Å²) in [6.07, 6.45) is 2.30. The van der Waals surface area contributed by atoms with Gasteiger partial charge in [0.2, 0.25) is 11.7 Å². The molecule has 20 heavy (non-hydrogen) atoms. The van der Waals surface area contributed by atoms with Crippen molar-refractivity contribution in [2.75, 3.05) is 18.8 Å². The molecule has 0 bridgehead atoms. The van der Waals surface area contributed by atoms with Crippen LogP contribution in [0, 0.1) is 0 Å². The molecule has 1 aromatic heterocycles. The maximum absolute atomic E-state index is 5.43. The summed E-state index contributed by atoms with van der Waals surface area (Å²) in [5.41, 5.74) is 1.02. The number of nitrogens with zero attached hydrogens (tertiary/aromatic N) is 2. The van der Waals surface area contributed by atoms with Crippen LogP contribution in [-0.4, -0.2) is 29.0 Å². The van der Waals surface area contributed by atoms with Gasteiger partial charge in [-0.15, -0.1) is 11.8 Å². The molecular formula is C15H19N3OS. The largest absolute Gasteiger partial charge is 0.339 e. The Morgan fingerprint density at radius 1 is 1.35 bits per heavy atom. The van der Waals surface area contributed by atoms with Crippen LogP contribution in [0.4, 0.5) is 0 Å². The van der Waals surface area contributed by atoms with E-state index < -0.39 is 0 Å². The SMILES string of the molecule is CCSc1ccc(-c2noc([C@H]3CCCNC3)n2)cc1. The van der Waals surface area contributed by atoms with E-state index in [1.54, 1.807) is 0 Å². The highest BCUT2D eigenvalue weighted by molar-refractivity contribution is 7.99. The first-order valence-corrected chi connectivity index (χ1v) is 8.13. The average molecular weight is 289 g/mol. The molecule has 0 radical (unpaired) electrons. The first-order valence-electron chi connectivity index (χ1n) is 7.14. The number of hydrogen-bond donors (Lipinski definition) is 1. The number of aromatic nitrogens is 2. The quantitative estimate of drug-likeness (QED) is 0.875. The maximum Gasteiger partial charge on any atom is 0.231 e. The van der Waals surface area contributed by atoms with Gasteiger partial charge in [-0.05, 0) is 49.4 Å². The second-order valence-electron chi connectivity index (χ2n) is 4.96. The monoisotopic (exact) mass is 289 g/mol. The second kappa shape index (κ2) is 6.41. The van der Waals surface area contributed by atoms with Crippen LogP contribution >= 0.6 is 11.8 Å². The summed E-state index contributed by atoms with van der Waals surface area (Å²) < 4.78 is 5.43. The minimum Gasteiger partial charge on any atom is -0.339 e. The van der Waals surface area contributed by atoms with Crippen molar-refractivity contribution in [3.63, 3.8) is 0 Å². The molecule has 1 aliphatic rings. The Bertz CT molecular complexity index is 547. The molecule has 0 spiro atoms. The molecule has 0 unspecified atom stereocenters. The predicted molar refractivity (Wildman–Crippen MR) is 81.0 cm³/mol. The van der Waals surface area contributed by atoms with Gasteiger partial charge in [-0.25, -0.2) is 0 Å². The number of thioether (sulfide) groups is 1. The third-order valence-corrected chi connectivity index (χ3v) is 4.41. The average Bonchev–Trinajstić information content (AvgIpc) is 2.99. The van der Waals surface area contributed by atoms with Gasteiger partial charge >= 0.3 is 0 Å². The summed E-state index contributed by atoms with van der Waals surface area (Å²) in [6, 6.07) is 8.35. The molecule has 1 fully saturated rings. The molecule has 2 aromatic rings. The topological polar surface area (TPSA) is 51.0 Å². The van der Waals surface area contributed by atoms with Crippen molar-refractivity contribution in [2.45, 2.75) is 30.6 Å². The van der Waals surface area contributed by atoms with E-state index >= 15 is 0 Å². The van der Waals surface area contributed by atoms with E-state index in [0.717, 1.165) is 36.7 Å². The zero-order valence-electron chi connectivity index (χ0n) is 11.6. The normalized spacial score (nSPS) is 19.1. The highest BCUT2D eigenvalue weighted by Crippen LogP contribution is 2.26. The van der Waals surface area contributed by atoms with Crippen LogP contribution in [0.15, 0.2) is 33.7 Å². The van der Waals surface area contributed by atoms with E-state index in [9.17, 15) is 0 Å². The molecule has 5 heteroatoms. The van der Waals surface area contributed by atoms with Crippen molar-refractivity contribution in [1.29, 1.82) is 0 Å². The molecule has 0 amide bonds. The van der Waals surface area contributed by atoms with Gasteiger partial charge in [-0.1, -0.05) is 12.1 Å². The highest BCUT2D eigenvalue weighted by atomic mass is 32.2. The Hall–Kier alpha value is -1.33. The smallest absolute Gasteiger partial charge is 0.231 e. The molecule has 1 aromatic carbocycles. The molecule has 0 saturated carbocycles. The van der Waals surface area contributed by atoms with E-state index in [1.807, 2.05) is 11.8 Å². The van der Waals surface area contributed by atoms with E-state index in [4.69, 9.17) is 4.52 Å². The predicted octanol–water partition coefficient (Wildman–Crippen LogP) is 3.32. The molecule has 3 rings (SSSR count). The van der Waals surface area contributed by atoms with Gasteiger partial charge in [0, 0.05) is 17.0 Å². The van der Waals surface area contributed by atoms with Gasteiger partial charge in [0.1, 0.15) is 0 Å². The van der Waals surface area contributed by atoms with Gasteiger partial charge in [0.25, 0.3) is 0 Å². The highest BCUT2D eigenvalue weighted by Gasteiger charge is 2.21. The van der Waals surface area contributed by atoms with Gasteiger partial charge in [0.05, 0.1) is 5.92 Å². The van der Waals surface area contributed by atoms with Crippen LogP contribution in [-0.2, 0) is 0 Å². The van der Waals surface area contributed by atoms with E-state index in [-0.39, 0.29) is 0 Å². The van der Waals surface area contributed by atoms with Crippen molar-refractivity contribution < 1.29 is 4.52 Å². The standard InChI is InChI=1S/C15H19N3OS/c1-2-20-13-7-5-11(6-8-13)14-17-15(19-18-14)12-4-3-9-16-10-12/h5-8,12,16H,2-4,9-10H2,1H3/t12-/m0/s1. The van der Waals surface area contributed by atoms with Crippen molar-refractivity contribution in [3.05, 3.63) is 30.2 Å². The van der Waals surface area contributed by atoms with Crippen LogP contribution in [0.1, 0.15) is 31.6 Å². The lowest BCUT2D eigenvalue weighted by Gasteiger charge is -2.18. The summed E-state index contributed by atoms with van der Waals surface area (Å²) in [5, 5.41) is 7.49. The van der Waals surface area contributed by atoms with Crippen LogP contribution in [0.2, 0.25) is 0 Å². The van der Waals surface area contributed by atoms with Crippen LogP contribution in [0.3, 0.4) is 0 Å². The third-order valence-electron chi connectivity index (χ3n) is 3.51. The molecule has 106 valence electrons. The summed E-state index contributed by atoms with van der Waals surface area (Å²) in [6.45, 7) is 4.18. The maximum atomic E-state index is 5.43. The van der Waals surface area contributed by atoms with Gasteiger partial charge in [-0.2, -0.15) is 4.98 Å². The minimum atomic E-state index is 0.361. The molecule has 1 N–H and O–H groups in total. The fourth-order valence-corrected chi connectivity index (χ4v) is 3.11. The molecular weight excluding hydrogens is 270 g/mol. The first-order chi connectivity index (χ1) is 9.86. The van der Waals surface area contributed by atoms with Crippen LogP contribution in [0.5, 0.6) is 0 Å². The molecule has 1 saturated heterocycles.